The van der Waals surface area contributed by atoms with Crippen molar-refractivity contribution in [2.45, 2.75) is 64.4 Å². The second-order valence-electron chi connectivity index (χ2n) is 6.51. The summed E-state index contributed by atoms with van der Waals surface area (Å²) < 4.78 is 11.0. The molecule has 2 fully saturated rings. The summed E-state index contributed by atoms with van der Waals surface area (Å²) in [4.78, 5) is 24.0. The van der Waals surface area contributed by atoms with Gasteiger partial charge in [0.1, 0.15) is 0 Å². The number of carbonyl (C=O) groups is 2. The molecule has 1 aliphatic carbocycles. The van der Waals surface area contributed by atoms with Gasteiger partial charge in [-0.3, -0.25) is 9.59 Å². The number of carboxylic acids is 1. The smallest absolute Gasteiger partial charge is 0.323 e. The molecule has 2 unspecified atom stereocenters. The minimum Gasteiger partial charge on any atom is -0.480 e. The number of carboxylic acid groups (broad SMARTS) is 1. The first-order chi connectivity index (χ1) is 9.94. The van der Waals surface area contributed by atoms with Gasteiger partial charge in [0, 0.05) is 6.61 Å². The van der Waals surface area contributed by atoms with E-state index in [1.807, 2.05) is 0 Å². The van der Waals surface area contributed by atoms with Crippen molar-refractivity contribution >= 4 is 11.9 Å². The molecule has 2 rings (SSSR count). The van der Waals surface area contributed by atoms with Gasteiger partial charge in [0.15, 0.2) is 5.41 Å². The number of esters is 1. The molecule has 21 heavy (non-hydrogen) atoms. The van der Waals surface area contributed by atoms with Gasteiger partial charge >= 0.3 is 11.9 Å². The molecule has 0 amide bonds. The summed E-state index contributed by atoms with van der Waals surface area (Å²) >= 11 is 0. The molecule has 1 spiro atoms. The summed E-state index contributed by atoms with van der Waals surface area (Å²) in [5, 5.41) is 9.63. The zero-order chi connectivity index (χ0) is 15.5. The summed E-state index contributed by atoms with van der Waals surface area (Å²) in [5.41, 5.74) is -1.69. The average molecular weight is 298 g/mol. The second-order valence-corrected chi connectivity index (χ2v) is 6.51. The SMILES string of the molecule is CCOC(=O)C(C)(C(=O)O)C1CCOC2(CCCCC2)C1. The van der Waals surface area contributed by atoms with E-state index >= 15 is 0 Å². The van der Waals surface area contributed by atoms with E-state index in [9.17, 15) is 14.7 Å². The van der Waals surface area contributed by atoms with Gasteiger partial charge in [0.05, 0.1) is 12.2 Å². The molecule has 0 aromatic carbocycles. The largest absolute Gasteiger partial charge is 0.480 e. The van der Waals surface area contributed by atoms with Crippen molar-refractivity contribution in [1.82, 2.24) is 0 Å². The fourth-order valence-corrected chi connectivity index (χ4v) is 3.77. The molecule has 5 heteroatoms. The van der Waals surface area contributed by atoms with E-state index in [1.54, 1.807) is 6.92 Å². The fourth-order valence-electron chi connectivity index (χ4n) is 3.77. The monoisotopic (exact) mass is 298 g/mol. The van der Waals surface area contributed by atoms with E-state index in [0.29, 0.717) is 19.4 Å². The Kier molecular flexibility index (Phi) is 4.91. The lowest BCUT2D eigenvalue weighted by atomic mass is 9.66. The summed E-state index contributed by atoms with van der Waals surface area (Å²) in [7, 11) is 0. The maximum atomic E-state index is 12.2. The molecule has 1 saturated carbocycles. The Bertz CT molecular complexity index is 394. The van der Waals surface area contributed by atoms with Crippen LogP contribution >= 0.6 is 0 Å². The predicted molar refractivity (Wildman–Crippen MR) is 76.9 cm³/mol. The van der Waals surface area contributed by atoms with Crippen molar-refractivity contribution in [3.05, 3.63) is 0 Å². The van der Waals surface area contributed by atoms with E-state index in [2.05, 4.69) is 0 Å². The van der Waals surface area contributed by atoms with Gasteiger partial charge in [0.25, 0.3) is 0 Å². The number of rotatable bonds is 4. The normalized spacial score (nSPS) is 27.8. The van der Waals surface area contributed by atoms with Gasteiger partial charge in [-0.2, -0.15) is 0 Å². The van der Waals surface area contributed by atoms with Crippen LogP contribution in [-0.2, 0) is 19.1 Å². The lowest BCUT2D eigenvalue weighted by Gasteiger charge is -2.46. The first-order valence-corrected chi connectivity index (χ1v) is 7.99. The first kappa shape index (κ1) is 16.3. The van der Waals surface area contributed by atoms with Gasteiger partial charge < -0.3 is 14.6 Å². The number of hydrogen-bond donors (Lipinski definition) is 1. The zero-order valence-electron chi connectivity index (χ0n) is 13.0. The maximum Gasteiger partial charge on any atom is 0.323 e. The van der Waals surface area contributed by atoms with Gasteiger partial charge in [-0.25, -0.2) is 0 Å². The highest BCUT2D eigenvalue weighted by atomic mass is 16.5. The predicted octanol–water partition coefficient (Wildman–Crippen LogP) is 2.77. The fraction of sp³-hybridized carbons (Fsp3) is 0.875. The lowest BCUT2D eigenvalue weighted by Crippen LogP contribution is -2.51. The van der Waals surface area contributed by atoms with Crippen molar-refractivity contribution in [3.63, 3.8) is 0 Å². The van der Waals surface area contributed by atoms with Crippen LogP contribution < -0.4 is 0 Å². The third-order valence-electron chi connectivity index (χ3n) is 5.22. The van der Waals surface area contributed by atoms with Crippen molar-refractivity contribution < 1.29 is 24.2 Å². The Morgan fingerprint density at radius 3 is 2.57 bits per heavy atom. The highest BCUT2D eigenvalue weighted by Gasteiger charge is 2.53. The number of carbonyl (C=O) groups excluding carboxylic acids is 1. The Hall–Kier alpha value is -1.10. The van der Waals surface area contributed by atoms with E-state index in [0.717, 1.165) is 25.7 Å². The van der Waals surface area contributed by atoms with Gasteiger partial charge in [-0.15, -0.1) is 0 Å². The minimum absolute atomic E-state index is 0.204. The molecule has 0 aromatic heterocycles. The molecule has 1 N–H and O–H groups in total. The van der Waals surface area contributed by atoms with E-state index in [1.165, 1.54) is 13.3 Å². The summed E-state index contributed by atoms with van der Waals surface area (Å²) in [6.07, 6.45) is 6.65. The van der Waals surface area contributed by atoms with E-state index < -0.39 is 17.4 Å². The molecule has 0 aromatic rings. The minimum atomic E-state index is -1.47. The molecule has 5 nitrogen and oxygen atoms in total. The summed E-state index contributed by atoms with van der Waals surface area (Å²) in [6.45, 7) is 3.95. The Morgan fingerprint density at radius 2 is 2.00 bits per heavy atom. The standard InChI is InChI=1S/C16H26O5/c1-3-20-14(19)15(2,13(17)18)12-7-10-21-16(11-12)8-5-4-6-9-16/h12H,3-11H2,1-2H3,(H,17,18). The summed E-state index contributed by atoms with van der Waals surface area (Å²) in [6, 6.07) is 0. The van der Waals surface area contributed by atoms with Crippen LogP contribution in [0.5, 0.6) is 0 Å². The highest BCUT2D eigenvalue weighted by molar-refractivity contribution is 5.99. The Morgan fingerprint density at radius 1 is 1.33 bits per heavy atom. The molecule has 1 heterocycles. The average Bonchev–Trinajstić information content (AvgIpc) is 2.47. The molecule has 1 saturated heterocycles. The van der Waals surface area contributed by atoms with Crippen LogP contribution in [0.4, 0.5) is 0 Å². The molecule has 2 atom stereocenters. The second kappa shape index (κ2) is 6.34. The molecule has 0 bridgehead atoms. The third-order valence-corrected chi connectivity index (χ3v) is 5.22. The third kappa shape index (κ3) is 3.07. The molecule has 1 aliphatic heterocycles. The van der Waals surface area contributed by atoms with Gasteiger partial charge in [0.2, 0.25) is 0 Å². The van der Waals surface area contributed by atoms with Crippen LogP contribution in [-0.4, -0.2) is 35.9 Å². The number of ether oxygens (including phenoxy) is 2. The van der Waals surface area contributed by atoms with Crippen LogP contribution in [0.15, 0.2) is 0 Å². The highest BCUT2D eigenvalue weighted by Crippen LogP contribution is 2.46. The van der Waals surface area contributed by atoms with E-state index in [4.69, 9.17) is 9.47 Å². The number of aliphatic carboxylic acids is 1. The topological polar surface area (TPSA) is 72.8 Å². The molecule has 120 valence electrons. The van der Waals surface area contributed by atoms with Crippen LogP contribution in [0.2, 0.25) is 0 Å². The molecular formula is C16H26O5. The molecule has 0 radical (unpaired) electrons. The van der Waals surface area contributed by atoms with Crippen LogP contribution in [0.25, 0.3) is 0 Å². The van der Waals surface area contributed by atoms with Crippen molar-refractivity contribution in [1.29, 1.82) is 0 Å². The van der Waals surface area contributed by atoms with E-state index in [-0.39, 0.29) is 18.1 Å². The number of hydrogen-bond acceptors (Lipinski definition) is 4. The van der Waals surface area contributed by atoms with Crippen LogP contribution in [0.3, 0.4) is 0 Å². The van der Waals surface area contributed by atoms with Crippen LogP contribution in [0.1, 0.15) is 58.8 Å². The Balaban J connectivity index is 2.20. The lowest BCUT2D eigenvalue weighted by molar-refractivity contribution is -0.183. The van der Waals surface area contributed by atoms with Gasteiger partial charge in [-0.05, 0) is 45.4 Å². The maximum absolute atomic E-state index is 12.2. The van der Waals surface area contributed by atoms with Gasteiger partial charge in [-0.1, -0.05) is 19.3 Å². The zero-order valence-corrected chi connectivity index (χ0v) is 13.0. The quantitative estimate of drug-likeness (QED) is 0.638. The first-order valence-electron chi connectivity index (χ1n) is 7.99. The molecule has 2 aliphatic rings. The Labute approximate surface area is 126 Å². The molecular weight excluding hydrogens is 272 g/mol. The summed E-state index contributed by atoms with van der Waals surface area (Å²) in [5.74, 6) is -1.92. The van der Waals surface area contributed by atoms with Crippen molar-refractivity contribution in [2.24, 2.45) is 11.3 Å². The van der Waals surface area contributed by atoms with Crippen molar-refractivity contribution in [2.75, 3.05) is 13.2 Å². The van der Waals surface area contributed by atoms with Crippen LogP contribution in [0, 0.1) is 11.3 Å². The van der Waals surface area contributed by atoms with Crippen molar-refractivity contribution in [3.8, 4) is 0 Å².